The van der Waals surface area contributed by atoms with Crippen LogP contribution in [0.2, 0.25) is 0 Å². The van der Waals surface area contributed by atoms with E-state index in [2.05, 4.69) is 28.1 Å². The third-order valence-corrected chi connectivity index (χ3v) is 6.64. The Hall–Kier alpha value is -4.84. The molecule has 0 atom stereocenters. The Morgan fingerprint density at radius 1 is 0.919 bits per heavy atom. The Bertz CT molecular complexity index is 1590. The molecule has 0 fully saturated rings. The van der Waals surface area contributed by atoms with Crippen LogP contribution in [0, 0.1) is 0 Å². The average molecular weight is 488 g/mol. The number of phenols is 1. The minimum atomic E-state index is -0.224. The molecule has 6 heteroatoms. The van der Waals surface area contributed by atoms with E-state index in [0.29, 0.717) is 24.5 Å². The number of phenolic OH excluding ortho intramolecular Hbond substituents is 1. The third-order valence-electron chi connectivity index (χ3n) is 6.64. The molecule has 0 saturated carbocycles. The van der Waals surface area contributed by atoms with Crippen molar-refractivity contribution >= 4 is 28.1 Å². The SMILES string of the molecule is O=C(c1cccc(N2COc3ccc4ccccc4c3C2)c1)N(Cc1ccccn1)c1ccccc1O. The van der Waals surface area contributed by atoms with Gasteiger partial charge in [-0.3, -0.25) is 14.7 Å². The number of hydrogen-bond donors (Lipinski definition) is 1. The van der Waals surface area contributed by atoms with E-state index in [1.807, 2.05) is 54.6 Å². The fraction of sp³-hybridized carbons (Fsp3) is 0.0968. The lowest BCUT2D eigenvalue weighted by atomic mass is 10.0. The summed E-state index contributed by atoms with van der Waals surface area (Å²) in [5.41, 5.74) is 3.69. The second kappa shape index (κ2) is 9.66. The van der Waals surface area contributed by atoms with Gasteiger partial charge in [-0.2, -0.15) is 0 Å². The molecule has 4 aromatic carbocycles. The minimum Gasteiger partial charge on any atom is -0.506 e. The molecule has 0 aliphatic carbocycles. The van der Waals surface area contributed by atoms with Gasteiger partial charge >= 0.3 is 0 Å². The number of fused-ring (bicyclic) bond motifs is 3. The highest BCUT2D eigenvalue weighted by Gasteiger charge is 2.24. The summed E-state index contributed by atoms with van der Waals surface area (Å²) in [4.78, 5) is 21.9. The summed E-state index contributed by atoms with van der Waals surface area (Å²) in [5.74, 6) is 0.705. The van der Waals surface area contributed by atoms with Crippen molar-refractivity contribution in [2.24, 2.45) is 0 Å². The summed E-state index contributed by atoms with van der Waals surface area (Å²) in [6.07, 6.45) is 1.70. The molecule has 1 aliphatic rings. The van der Waals surface area contributed by atoms with E-state index in [-0.39, 0.29) is 18.2 Å². The molecule has 6 nitrogen and oxygen atoms in total. The molecule has 0 saturated heterocycles. The Labute approximate surface area is 215 Å². The Morgan fingerprint density at radius 2 is 1.76 bits per heavy atom. The van der Waals surface area contributed by atoms with Gasteiger partial charge in [0.2, 0.25) is 0 Å². The van der Waals surface area contributed by atoms with E-state index in [9.17, 15) is 9.90 Å². The number of nitrogens with zero attached hydrogens (tertiary/aromatic N) is 3. The first-order valence-corrected chi connectivity index (χ1v) is 12.2. The summed E-state index contributed by atoms with van der Waals surface area (Å²) < 4.78 is 6.10. The quantitative estimate of drug-likeness (QED) is 0.322. The summed E-state index contributed by atoms with van der Waals surface area (Å²) in [5, 5.41) is 12.9. The van der Waals surface area contributed by atoms with Crippen LogP contribution in [-0.2, 0) is 13.1 Å². The maximum absolute atomic E-state index is 13.8. The molecule has 0 unspecified atom stereocenters. The standard InChI is InChI=1S/C31H25N3O3/c35-29-14-4-3-13-28(29)34(19-24-10-5-6-17-32-24)31(36)23-9-7-11-25(18-23)33-20-27-26-12-2-1-8-22(26)15-16-30(27)37-21-33/h1-18,35H,19-21H2. The molecule has 2 heterocycles. The molecular formula is C31H25N3O3. The van der Waals surface area contributed by atoms with E-state index in [1.165, 1.54) is 5.39 Å². The van der Waals surface area contributed by atoms with Gasteiger partial charge in [-0.1, -0.05) is 54.6 Å². The topological polar surface area (TPSA) is 65.9 Å². The van der Waals surface area contributed by atoms with Crippen molar-refractivity contribution in [2.45, 2.75) is 13.1 Å². The average Bonchev–Trinajstić information content (AvgIpc) is 2.96. The molecule has 0 spiro atoms. The normalized spacial score (nSPS) is 12.6. The Balaban J connectivity index is 1.33. The number of carbonyl (C=O) groups is 1. The van der Waals surface area contributed by atoms with Gasteiger partial charge in [0.25, 0.3) is 5.91 Å². The first-order chi connectivity index (χ1) is 18.2. The molecule has 1 amide bonds. The Kier molecular flexibility index (Phi) is 5.91. The molecule has 5 aromatic rings. The van der Waals surface area contributed by atoms with Gasteiger partial charge < -0.3 is 14.7 Å². The molecular weight excluding hydrogens is 462 g/mol. The van der Waals surface area contributed by atoms with Gasteiger partial charge in [0.05, 0.1) is 24.5 Å². The highest BCUT2D eigenvalue weighted by molar-refractivity contribution is 6.07. The van der Waals surface area contributed by atoms with E-state index >= 15 is 0 Å². The number of benzene rings is 4. The fourth-order valence-electron chi connectivity index (χ4n) is 4.77. The first-order valence-electron chi connectivity index (χ1n) is 12.2. The van der Waals surface area contributed by atoms with Gasteiger partial charge in [-0.25, -0.2) is 0 Å². The van der Waals surface area contributed by atoms with Gasteiger partial charge in [0, 0.05) is 23.0 Å². The molecule has 37 heavy (non-hydrogen) atoms. The van der Waals surface area contributed by atoms with Crippen LogP contribution in [0.3, 0.4) is 0 Å². The fourth-order valence-corrected chi connectivity index (χ4v) is 4.77. The van der Waals surface area contributed by atoms with Crippen LogP contribution >= 0.6 is 0 Å². The maximum atomic E-state index is 13.8. The smallest absolute Gasteiger partial charge is 0.258 e. The third kappa shape index (κ3) is 4.45. The first kappa shape index (κ1) is 22.6. The highest BCUT2D eigenvalue weighted by Crippen LogP contribution is 2.35. The van der Waals surface area contributed by atoms with Crippen molar-refractivity contribution in [1.29, 1.82) is 0 Å². The van der Waals surface area contributed by atoms with Gasteiger partial charge in [0.1, 0.15) is 11.5 Å². The molecule has 1 N–H and O–H groups in total. The summed E-state index contributed by atoms with van der Waals surface area (Å²) in [7, 11) is 0. The number of aromatic hydroxyl groups is 1. The predicted octanol–water partition coefficient (Wildman–Crippen LogP) is 6.14. The van der Waals surface area contributed by atoms with Crippen molar-refractivity contribution in [3.05, 3.63) is 126 Å². The summed E-state index contributed by atoms with van der Waals surface area (Å²) in [6, 6.07) is 32.4. The number of pyridine rings is 1. The summed E-state index contributed by atoms with van der Waals surface area (Å²) >= 11 is 0. The molecule has 1 aliphatic heterocycles. The van der Waals surface area contributed by atoms with Crippen molar-refractivity contribution in [1.82, 2.24) is 4.98 Å². The van der Waals surface area contributed by atoms with Crippen molar-refractivity contribution in [3.8, 4) is 11.5 Å². The molecule has 1 aromatic heterocycles. The monoisotopic (exact) mass is 487 g/mol. The molecule has 6 rings (SSSR count). The lowest BCUT2D eigenvalue weighted by molar-refractivity contribution is 0.0984. The number of para-hydroxylation sites is 2. The van der Waals surface area contributed by atoms with Crippen LogP contribution in [0.4, 0.5) is 11.4 Å². The van der Waals surface area contributed by atoms with Crippen molar-refractivity contribution in [2.75, 3.05) is 16.5 Å². The number of ether oxygens (including phenoxy) is 1. The van der Waals surface area contributed by atoms with E-state index < -0.39 is 0 Å². The zero-order valence-electron chi connectivity index (χ0n) is 20.1. The largest absolute Gasteiger partial charge is 0.506 e. The van der Waals surface area contributed by atoms with Crippen LogP contribution in [0.15, 0.2) is 109 Å². The second-order valence-electron chi connectivity index (χ2n) is 8.99. The van der Waals surface area contributed by atoms with Gasteiger partial charge in [0.15, 0.2) is 6.73 Å². The predicted molar refractivity (Wildman–Crippen MR) is 145 cm³/mol. The van der Waals surface area contributed by atoms with Crippen LogP contribution in [0.25, 0.3) is 10.8 Å². The Morgan fingerprint density at radius 3 is 2.62 bits per heavy atom. The number of anilines is 2. The summed E-state index contributed by atoms with van der Waals surface area (Å²) in [6.45, 7) is 1.29. The molecule has 0 bridgehead atoms. The van der Waals surface area contributed by atoms with Gasteiger partial charge in [-0.15, -0.1) is 0 Å². The maximum Gasteiger partial charge on any atom is 0.258 e. The number of amides is 1. The van der Waals surface area contributed by atoms with Crippen LogP contribution in [0.1, 0.15) is 21.6 Å². The van der Waals surface area contributed by atoms with E-state index in [1.54, 1.807) is 41.4 Å². The second-order valence-corrected chi connectivity index (χ2v) is 8.99. The van der Waals surface area contributed by atoms with Crippen LogP contribution in [-0.4, -0.2) is 22.7 Å². The zero-order chi connectivity index (χ0) is 25.2. The number of carbonyl (C=O) groups excluding carboxylic acids is 1. The van der Waals surface area contributed by atoms with Crippen molar-refractivity contribution < 1.29 is 14.6 Å². The van der Waals surface area contributed by atoms with Crippen LogP contribution in [0.5, 0.6) is 11.5 Å². The van der Waals surface area contributed by atoms with Gasteiger partial charge in [-0.05, 0) is 59.3 Å². The minimum absolute atomic E-state index is 0.0378. The highest BCUT2D eigenvalue weighted by atomic mass is 16.5. The zero-order valence-corrected chi connectivity index (χ0v) is 20.1. The van der Waals surface area contributed by atoms with E-state index in [0.717, 1.165) is 28.1 Å². The van der Waals surface area contributed by atoms with E-state index in [4.69, 9.17) is 4.74 Å². The molecule has 182 valence electrons. The van der Waals surface area contributed by atoms with Crippen molar-refractivity contribution in [3.63, 3.8) is 0 Å². The number of aromatic nitrogens is 1. The molecule has 0 radical (unpaired) electrons. The number of hydrogen-bond acceptors (Lipinski definition) is 5. The van der Waals surface area contributed by atoms with Crippen LogP contribution < -0.4 is 14.5 Å². The lowest BCUT2D eigenvalue weighted by Crippen LogP contribution is -2.33. The lowest BCUT2D eigenvalue weighted by Gasteiger charge is -2.32. The number of rotatable bonds is 5.